The number of hydrogen-bond acceptors (Lipinski definition) is 10. The van der Waals surface area contributed by atoms with Crippen LogP contribution in [-0.2, 0) is 18.3 Å². The fraction of sp³-hybridized carbons (Fsp3) is 0.852. The maximum Gasteiger partial charge on any atom is 1.00 e. The van der Waals surface area contributed by atoms with Crippen LogP contribution in [-0.4, -0.2) is 56.8 Å². The van der Waals surface area contributed by atoms with E-state index in [0.29, 0.717) is 6.42 Å². The molecule has 0 amide bonds. The molecule has 1 aromatic heterocycles. The van der Waals surface area contributed by atoms with Crippen LogP contribution >= 0.6 is 7.82 Å². The zero-order valence-corrected chi connectivity index (χ0v) is 27.8. The number of rotatable bonds is 22. The molecular weight excluding hydrogens is 564 g/mol. The van der Waals surface area contributed by atoms with Crippen molar-refractivity contribution >= 4 is 13.6 Å². The fourth-order valence-electron chi connectivity index (χ4n) is 4.74. The third-order valence-electron chi connectivity index (χ3n) is 7.11. The molecule has 0 aliphatic carbocycles. The Morgan fingerprint density at radius 3 is 1.90 bits per heavy atom. The number of ether oxygens (including phenoxy) is 1. The maximum atomic E-state index is 12.1. The van der Waals surface area contributed by atoms with Gasteiger partial charge < -0.3 is 40.1 Å². The van der Waals surface area contributed by atoms with Gasteiger partial charge in [0.05, 0.1) is 13.2 Å². The van der Waals surface area contributed by atoms with Crippen LogP contribution in [0.1, 0.15) is 116 Å². The van der Waals surface area contributed by atoms with Crippen LogP contribution in [0.5, 0.6) is 0 Å². The third-order valence-corrected chi connectivity index (χ3v) is 8.07. The summed E-state index contributed by atoms with van der Waals surface area (Å²) in [6.07, 6.45) is 15.5. The van der Waals surface area contributed by atoms with Crippen molar-refractivity contribution in [3.63, 3.8) is 0 Å². The molecular formula is C27H51N3NaO9P. The third kappa shape index (κ3) is 16.3. The summed E-state index contributed by atoms with van der Waals surface area (Å²) >= 11 is 0. The number of nitrogen functional groups attached to an aromatic ring is 1. The zero-order chi connectivity index (χ0) is 28.5. The number of hydrogen-bond donors (Lipinski definition) is 3. The average Bonchev–Trinajstić information content (AvgIpc) is 3.18. The molecule has 2 heterocycles. The molecule has 0 spiro atoms. The number of nitrogens with two attached hydrogens (primary N) is 1. The number of unbranched alkanes of at least 4 members (excludes halogenated alkanes) is 15. The van der Waals surface area contributed by atoms with Crippen molar-refractivity contribution in [1.82, 2.24) is 9.55 Å². The molecule has 0 bridgehead atoms. The topological polar surface area (TPSA) is 201 Å². The Bertz CT molecular complexity index is 911. The minimum Gasteiger partial charge on any atom is -0.756 e. The molecule has 234 valence electrons. The number of phosphoric ester groups is 1. The number of aromatic nitrogens is 2. The van der Waals surface area contributed by atoms with Crippen molar-refractivity contribution in [2.75, 3.05) is 18.9 Å². The predicted octanol–water partition coefficient (Wildman–Crippen LogP) is 0.387. The second-order valence-corrected chi connectivity index (χ2v) is 11.9. The summed E-state index contributed by atoms with van der Waals surface area (Å²) < 4.78 is 28.3. The van der Waals surface area contributed by atoms with Crippen molar-refractivity contribution in [3.05, 3.63) is 22.7 Å². The summed E-state index contributed by atoms with van der Waals surface area (Å²) in [5.74, 6) is -0.00189. The Hall–Kier alpha value is -0.370. The monoisotopic (exact) mass is 615 g/mol. The van der Waals surface area contributed by atoms with Crippen LogP contribution < -0.4 is 45.9 Å². The van der Waals surface area contributed by atoms with Gasteiger partial charge in [-0.25, -0.2) is 4.79 Å². The van der Waals surface area contributed by atoms with Gasteiger partial charge in [0, 0.05) is 6.20 Å². The summed E-state index contributed by atoms with van der Waals surface area (Å²) in [6, 6.07) is 1.34. The van der Waals surface area contributed by atoms with E-state index >= 15 is 0 Å². The molecule has 0 aromatic carbocycles. The summed E-state index contributed by atoms with van der Waals surface area (Å²) in [4.78, 5) is 27.6. The first-order valence-electron chi connectivity index (χ1n) is 14.7. The SMILES string of the molecule is CCCCCCCCCCCCCCCCCCOP(=O)([O-])OCC1OC(n2ccc(N)nc2=O)C(O)C1O.O.[Na+]. The van der Waals surface area contributed by atoms with E-state index in [-0.39, 0.29) is 47.5 Å². The van der Waals surface area contributed by atoms with E-state index in [0.717, 1.165) is 23.8 Å². The van der Waals surface area contributed by atoms with E-state index in [4.69, 9.17) is 19.5 Å². The number of anilines is 1. The molecule has 41 heavy (non-hydrogen) atoms. The minimum atomic E-state index is -4.61. The number of aliphatic hydroxyl groups is 2. The second kappa shape index (κ2) is 23.1. The first-order chi connectivity index (χ1) is 18.7. The van der Waals surface area contributed by atoms with Crippen molar-refractivity contribution < 1.29 is 68.5 Å². The van der Waals surface area contributed by atoms with Gasteiger partial charge in [0.1, 0.15) is 24.1 Å². The van der Waals surface area contributed by atoms with E-state index in [1.807, 2.05) is 0 Å². The van der Waals surface area contributed by atoms with Crippen molar-refractivity contribution in [2.24, 2.45) is 0 Å². The molecule has 1 fully saturated rings. The molecule has 12 nitrogen and oxygen atoms in total. The second-order valence-electron chi connectivity index (χ2n) is 10.5. The molecule has 14 heteroatoms. The summed E-state index contributed by atoms with van der Waals surface area (Å²) in [6.45, 7) is 1.70. The largest absolute Gasteiger partial charge is 1.00 e. The molecule has 0 saturated carbocycles. The van der Waals surface area contributed by atoms with Crippen LogP contribution in [0.25, 0.3) is 0 Å². The van der Waals surface area contributed by atoms with Crippen LogP contribution in [0.3, 0.4) is 0 Å². The van der Waals surface area contributed by atoms with Gasteiger partial charge in [0.15, 0.2) is 6.23 Å². The van der Waals surface area contributed by atoms with Crippen molar-refractivity contribution in [2.45, 2.75) is 134 Å². The molecule has 5 unspecified atom stereocenters. The van der Waals surface area contributed by atoms with Crippen LogP contribution in [0.15, 0.2) is 17.1 Å². The first-order valence-corrected chi connectivity index (χ1v) is 16.2. The van der Waals surface area contributed by atoms with Gasteiger partial charge in [-0.3, -0.25) is 9.13 Å². The summed E-state index contributed by atoms with van der Waals surface area (Å²) in [5.41, 5.74) is 4.68. The first kappa shape index (κ1) is 40.6. The summed E-state index contributed by atoms with van der Waals surface area (Å²) in [7, 11) is -4.61. The average molecular weight is 616 g/mol. The predicted molar refractivity (Wildman–Crippen MR) is 152 cm³/mol. The van der Waals surface area contributed by atoms with Gasteiger partial charge in [-0.1, -0.05) is 103 Å². The van der Waals surface area contributed by atoms with E-state index in [9.17, 15) is 24.5 Å². The Morgan fingerprint density at radius 1 is 0.927 bits per heavy atom. The molecule has 1 aromatic rings. The molecule has 1 saturated heterocycles. The van der Waals surface area contributed by atoms with E-state index in [1.165, 1.54) is 89.3 Å². The molecule has 0 radical (unpaired) electrons. The van der Waals surface area contributed by atoms with Crippen molar-refractivity contribution in [1.29, 1.82) is 0 Å². The smallest absolute Gasteiger partial charge is 0.756 e. The normalized spacial score (nSPS) is 21.7. The van der Waals surface area contributed by atoms with Gasteiger partial charge in [0.25, 0.3) is 7.82 Å². The molecule has 6 N–H and O–H groups in total. The standard InChI is InChI=1S/C27H50N3O8P.Na.H2O/c1-2-3-4-5-6-7-8-9-10-11-12-13-14-15-16-17-20-36-39(34,35)37-21-22-24(31)25(32)26(38-22)30-19-18-23(28)29-27(30)33;;/h18-19,22,24-26,31-32H,2-17,20-21H2,1H3,(H,34,35)(H2,28,29,33);;1H2/q;+1;/p-1. The zero-order valence-electron chi connectivity index (χ0n) is 25.0. The van der Waals surface area contributed by atoms with Gasteiger partial charge >= 0.3 is 35.2 Å². The minimum absolute atomic E-state index is 0. The van der Waals surface area contributed by atoms with E-state index in [2.05, 4.69) is 11.9 Å². The number of aliphatic hydroxyl groups excluding tert-OH is 2. The quantitative estimate of drug-likeness (QED) is 0.0931. The van der Waals surface area contributed by atoms with E-state index < -0.39 is 44.7 Å². The Kier molecular flexibility index (Phi) is 22.9. The maximum absolute atomic E-state index is 12.1. The fourth-order valence-corrected chi connectivity index (χ4v) is 5.50. The van der Waals surface area contributed by atoms with Gasteiger partial charge in [0.2, 0.25) is 0 Å². The Balaban J connectivity index is 0.00000800. The number of phosphoric acid groups is 1. The molecule has 1 aliphatic heterocycles. The van der Waals surface area contributed by atoms with Crippen LogP contribution in [0.4, 0.5) is 5.82 Å². The van der Waals surface area contributed by atoms with E-state index in [1.54, 1.807) is 0 Å². The Morgan fingerprint density at radius 2 is 1.41 bits per heavy atom. The van der Waals surface area contributed by atoms with Crippen molar-refractivity contribution in [3.8, 4) is 0 Å². The molecule has 2 rings (SSSR count). The van der Waals surface area contributed by atoms with Gasteiger partial charge in [-0.15, -0.1) is 0 Å². The van der Waals surface area contributed by atoms with Crippen LogP contribution in [0.2, 0.25) is 0 Å². The Labute approximate surface area is 266 Å². The van der Waals surface area contributed by atoms with Gasteiger partial charge in [-0.2, -0.15) is 4.98 Å². The van der Waals surface area contributed by atoms with Gasteiger partial charge in [-0.05, 0) is 12.5 Å². The molecule has 5 atom stereocenters. The summed E-state index contributed by atoms with van der Waals surface area (Å²) in [5, 5.41) is 20.5. The number of nitrogens with zero attached hydrogens (tertiary/aromatic N) is 2. The molecule has 1 aliphatic rings. The van der Waals surface area contributed by atoms with Crippen LogP contribution in [0, 0.1) is 0 Å².